The van der Waals surface area contributed by atoms with Gasteiger partial charge in [-0.3, -0.25) is 0 Å². The zero-order chi connectivity index (χ0) is 14.0. The molecule has 0 unspecified atom stereocenters. The highest BCUT2D eigenvalue weighted by atomic mass is 35.5. The third kappa shape index (κ3) is 2.60. The largest absolute Gasteiger partial charge is 0.493 e. The predicted octanol–water partition coefficient (Wildman–Crippen LogP) is 4.31. The molecular weight excluding hydrogens is 283 g/mol. The normalized spacial score (nSPS) is 10.5. The van der Waals surface area contributed by atoms with Crippen molar-refractivity contribution in [2.75, 3.05) is 7.11 Å². The van der Waals surface area contributed by atoms with Gasteiger partial charge in [-0.2, -0.15) is 5.26 Å². The molecule has 0 fully saturated rings. The fraction of sp³-hybridized carbons (Fsp3) is 0.286. The second-order valence-corrected chi connectivity index (χ2v) is 4.97. The fourth-order valence-corrected chi connectivity index (χ4v) is 2.58. The average molecular weight is 295 g/mol. The molecule has 0 saturated heterocycles. The molecule has 98 valence electrons. The summed E-state index contributed by atoms with van der Waals surface area (Å²) < 4.78 is 5.28. The van der Waals surface area contributed by atoms with Crippen molar-refractivity contribution >= 4 is 34.1 Å². The van der Waals surface area contributed by atoms with Crippen molar-refractivity contribution in [1.82, 2.24) is 4.98 Å². The van der Waals surface area contributed by atoms with Gasteiger partial charge in [-0.1, -0.05) is 23.2 Å². The van der Waals surface area contributed by atoms with E-state index in [1.807, 2.05) is 19.1 Å². The third-order valence-corrected chi connectivity index (χ3v) is 3.57. The Balaban J connectivity index is 2.70. The van der Waals surface area contributed by atoms with E-state index in [1.165, 1.54) is 0 Å². The molecule has 0 N–H and O–H groups in total. The number of hydrogen-bond acceptors (Lipinski definition) is 3. The lowest BCUT2D eigenvalue weighted by atomic mass is 10.0. The molecule has 2 rings (SSSR count). The Morgan fingerprint density at radius 3 is 2.74 bits per heavy atom. The van der Waals surface area contributed by atoms with Gasteiger partial charge in [0.05, 0.1) is 18.2 Å². The van der Waals surface area contributed by atoms with Crippen LogP contribution >= 0.6 is 23.2 Å². The van der Waals surface area contributed by atoms with Gasteiger partial charge in [0.2, 0.25) is 0 Å². The summed E-state index contributed by atoms with van der Waals surface area (Å²) in [6.45, 7) is 1.96. The van der Waals surface area contributed by atoms with Crippen LogP contribution in [0.4, 0.5) is 0 Å². The van der Waals surface area contributed by atoms with Crippen molar-refractivity contribution in [1.29, 1.82) is 5.26 Å². The number of aromatic nitrogens is 1. The summed E-state index contributed by atoms with van der Waals surface area (Å²) in [5, 5.41) is 10.5. The topological polar surface area (TPSA) is 45.9 Å². The Bertz CT molecular complexity index is 677. The Hall–Kier alpha value is -1.50. The van der Waals surface area contributed by atoms with Crippen LogP contribution in [0.5, 0.6) is 5.75 Å². The first kappa shape index (κ1) is 13.9. The van der Waals surface area contributed by atoms with E-state index in [1.54, 1.807) is 7.11 Å². The standard InChI is InChI=1S/C14H12Cl2N2O/c1-8-6-11(15)13(19-2)12-10(8)7-9(4-3-5-17)14(16)18-12/h6-7H,3-4H2,1-2H3. The number of aryl methyl sites for hydroxylation is 2. The predicted molar refractivity (Wildman–Crippen MR) is 77.0 cm³/mol. The molecule has 0 saturated carbocycles. The van der Waals surface area contributed by atoms with Crippen molar-refractivity contribution in [2.45, 2.75) is 19.8 Å². The monoisotopic (exact) mass is 294 g/mol. The summed E-state index contributed by atoms with van der Waals surface area (Å²) in [4.78, 5) is 4.37. The number of pyridine rings is 1. The van der Waals surface area contributed by atoms with E-state index < -0.39 is 0 Å². The van der Waals surface area contributed by atoms with Gasteiger partial charge in [0, 0.05) is 11.8 Å². The molecule has 0 aliphatic carbocycles. The highest BCUT2D eigenvalue weighted by molar-refractivity contribution is 6.34. The summed E-state index contributed by atoms with van der Waals surface area (Å²) >= 11 is 12.3. The van der Waals surface area contributed by atoms with E-state index in [0.717, 1.165) is 16.5 Å². The first-order valence-electron chi connectivity index (χ1n) is 5.77. The van der Waals surface area contributed by atoms with E-state index in [0.29, 0.717) is 34.3 Å². The molecule has 0 radical (unpaired) electrons. The Kier molecular flexibility index (Phi) is 4.14. The Morgan fingerprint density at radius 1 is 1.37 bits per heavy atom. The van der Waals surface area contributed by atoms with Gasteiger partial charge in [0.25, 0.3) is 0 Å². The van der Waals surface area contributed by atoms with E-state index in [9.17, 15) is 0 Å². The van der Waals surface area contributed by atoms with E-state index in [-0.39, 0.29) is 0 Å². The van der Waals surface area contributed by atoms with Crippen molar-refractivity contribution in [3.05, 3.63) is 33.4 Å². The highest BCUT2D eigenvalue weighted by Crippen LogP contribution is 2.36. The smallest absolute Gasteiger partial charge is 0.163 e. The highest BCUT2D eigenvalue weighted by Gasteiger charge is 2.14. The lowest BCUT2D eigenvalue weighted by molar-refractivity contribution is 0.419. The number of benzene rings is 1. The molecule has 0 atom stereocenters. The van der Waals surface area contributed by atoms with Gasteiger partial charge < -0.3 is 4.74 Å². The van der Waals surface area contributed by atoms with E-state index >= 15 is 0 Å². The fourth-order valence-electron chi connectivity index (χ4n) is 2.01. The molecule has 5 heteroatoms. The molecule has 0 aliphatic heterocycles. The SMILES string of the molecule is COc1c(Cl)cc(C)c2cc(CCC#N)c(Cl)nc12. The molecule has 1 heterocycles. The minimum absolute atomic E-state index is 0.391. The van der Waals surface area contributed by atoms with Crippen molar-refractivity contribution in [2.24, 2.45) is 0 Å². The lowest BCUT2D eigenvalue weighted by Gasteiger charge is -2.12. The van der Waals surface area contributed by atoms with Gasteiger partial charge in [-0.15, -0.1) is 0 Å². The molecule has 0 aliphatic rings. The third-order valence-electron chi connectivity index (χ3n) is 2.96. The number of rotatable bonds is 3. The lowest BCUT2D eigenvalue weighted by Crippen LogP contribution is -1.95. The maximum absolute atomic E-state index is 8.65. The number of nitrogens with zero attached hydrogens (tertiary/aromatic N) is 2. The van der Waals surface area contributed by atoms with Crippen LogP contribution < -0.4 is 4.74 Å². The first-order chi connectivity index (χ1) is 9.08. The quantitative estimate of drug-likeness (QED) is 0.792. The Labute approximate surface area is 121 Å². The zero-order valence-electron chi connectivity index (χ0n) is 10.6. The number of nitriles is 1. The van der Waals surface area contributed by atoms with Crippen molar-refractivity contribution in [3.63, 3.8) is 0 Å². The van der Waals surface area contributed by atoms with Gasteiger partial charge >= 0.3 is 0 Å². The summed E-state index contributed by atoms with van der Waals surface area (Å²) in [7, 11) is 1.55. The number of ether oxygens (including phenoxy) is 1. The van der Waals surface area contributed by atoms with Crippen molar-refractivity contribution in [3.8, 4) is 11.8 Å². The number of fused-ring (bicyclic) bond motifs is 1. The summed E-state index contributed by atoms with van der Waals surface area (Å²) in [5.74, 6) is 0.524. The van der Waals surface area contributed by atoms with Crippen LogP contribution in [0.25, 0.3) is 10.9 Å². The van der Waals surface area contributed by atoms with Gasteiger partial charge in [0.15, 0.2) is 5.75 Å². The van der Waals surface area contributed by atoms with Gasteiger partial charge in [0.1, 0.15) is 10.7 Å². The minimum Gasteiger partial charge on any atom is -0.493 e. The van der Waals surface area contributed by atoms with Gasteiger partial charge in [-0.25, -0.2) is 4.98 Å². The minimum atomic E-state index is 0.391. The zero-order valence-corrected chi connectivity index (χ0v) is 12.1. The molecule has 19 heavy (non-hydrogen) atoms. The number of methoxy groups -OCH3 is 1. The summed E-state index contributed by atoms with van der Waals surface area (Å²) in [5.41, 5.74) is 2.52. The average Bonchev–Trinajstić information content (AvgIpc) is 2.37. The van der Waals surface area contributed by atoms with E-state index in [4.69, 9.17) is 33.2 Å². The molecule has 0 bridgehead atoms. The van der Waals surface area contributed by atoms with Crippen LogP contribution in [-0.2, 0) is 6.42 Å². The second-order valence-electron chi connectivity index (χ2n) is 4.20. The molecule has 3 nitrogen and oxygen atoms in total. The maximum atomic E-state index is 8.65. The molecule has 0 amide bonds. The number of halogens is 2. The molecule has 1 aromatic heterocycles. The summed E-state index contributed by atoms with van der Waals surface area (Å²) in [6.07, 6.45) is 0.999. The van der Waals surface area contributed by atoms with Crippen LogP contribution in [0.3, 0.4) is 0 Å². The second kappa shape index (κ2) is 5.64. The van der Waals surface area contributed by atoms with E-state index in [2.05, 4.69) is 11.1 Å². The molecular formula is C14H12Cl2N2O. The van der Waals surface area contributed by atoms with Crippen molar-refractivity contribution < 1.29 is 4.74 Å². The van der Waals surface area contributed by atoms with Crippen LogP contribution in [0.15, 0.2) is 12.1 Å². The molecule has 0 spiro atoms. The molecule has 1 aromatic carbocycles. The van der Waals surface area contributed by atoms with Crippen LogP contribution in [0, 0.1) is 18.3 Å². The summed E-state index contributed by atoms with van der Waals surface area (Å²) in [6, 6.07) is 5.90. The van der Waals surface area contributed by atoms with Crippen LogP contribution in [0.1, 0.15) is 17.5 Å². The van der Waals surface area contributed by atoms with Gasteiger partial charge in [-0.05, 0) is 36.6 Å². The first-order valence-corrected chi connectivity index (χ1v) is 6.53. The van der Waals surface area contributed by atoms with Crippen LogP contribution in [-0.4, -0.2) is 12.1 Å². The van der Waals surface area contributed by atoms with Crippen LogP contribution in [0.2, 0.25) is 10.2 Å². The molecule has 2 aromatic rings. The maximum Gasteiger partial charge on any atom is 0.163 e. The Morgan fingerprint density at radius 2 is 2.11 bits per heavy atom. The number of hydrogen-bond donors (Lipinski definition) is 0.